The van der Waals surface area contributed by atoms with Crippen molar-refractivity contribution in [3.8, 4) is 0 Å². The molecule has 3 rings (SSSR count). The van der Waals surface area contributed by atoms with Gasteiger partial charge in [-0.05, 0) is 24.6 Å². The second kappa shape index (κ2) is 9.71. The Bertz CT molecular complexity index is 1010. The van der Waals surface area contributed by atoms with Gasteiger partial charge in [-0.25, -0.2) is 18.4 Å². The molecule has 10 heteroatoms. The molecular formula is C21H23F2N5O3. The lowest BCUT2D eigenvalue weighted by Crippen LogP contribution is -2.44. The molecule has 0 amide bonds. The molecule has 31 heavy (non-hydrogen) atoms. The van der Waals surface area contributed by atoms with Crippen LogP contribution in [-0.4, -0.2) is 42.8 Å². The zero-order valence-corrected chi connectivity index (χ0v) is 17.0. The lowest BCUT2D eigenvalue weighted by molar-refractivity contribution is -0.384. The molecule has 0 aliphatic rings. The maximum absolute atomic E-state index is 14.6. The largest absolute Gasteiger partial charge is 0.382 e. The summed E-state index contributed by atoms with van der Waals surface area (Å²) in [6, 6.07) is 9.21. The summed E-state index contributed by atoms with van der Waals surface area (Å²) < 4.78 is 29.5. The summed E-state index contributed by atoms with van der Waals surface area (Å²) in [4.78, 5) is 16.2. The van der Waals surface area contributed by atoms with E-state index in [2.05, 4.69) is 10.1 Å². The van der Waals surface area contributed by atoms with Crippen LogP contribution in [0.15, 0.2) is 55.1 Å². The summed E-state index contributed by atoms with van der Waals surface area (Å²) in [7, 11) is 0. The maximum atomic E-state index is 14.6. The standard InChI is InChI=1S/C21H23F2N5O3/c1-2-9-26(11-16-3-6-18(7-4-16)28(30)31)12-21(29,13-27-15-24-14-25-27)19-8-5-17(22)10-20(19)23/h3-8,10,14-15,29H,2,9,11-13H2,1H3. The van der Waals surface area contributed by atoms with E-state index in [4.69, 9.17) is 0 Å². The maximum Gasteiger partial charge on any atom is 0.269 e. The molecule has 0 aliphatic carbocycles. The topological polar surface area (TPSA) is 97.3 Å². The summed E-state index contributed by atoms with van der Waals surface area (Å²) in [5.74, 6) is -1.59. The van der Waals surface area contributed by atoms with Crippen LogP contribution in [0.4, 0.5) is 14.5 Å². The molecule has 1 aromatic heterocycles. The van der Waals surface area contributed by atoms with E-state index in [0.29, 0.717) is 13.1 Å². The first-order valence-electron chi connectivity index (χ1n) is 9.77. The predicted molar refractivity (Wildman–Crippen MR) is 109 cm³/mol. The van der Waals surface area contributed by atoms with E-state index in [0.717, 1.165) is 24.1 Å². The fourth-order valence-electron chi connectivity index (χ4n) is 3.55. The molecule has 0 aliphatic heterocycles. The lowest BCUT2D eigenvalue weighted by Gasteiger charge is -2.35. The number of rotatable bonds is 10. The lowest BCUT2D eigenvalue weighted by atomic mass is 9.92. The molecule has 0 spiro atoms. The van der Waals surface area contributed by atoms with Gasteiger partial charge in [-0.1, -0.05) is 25.1 Å². The highest BCUT2D eigenvalue weighted by Crippen LogP contribution is 2.28. The molecule has 2 aromatic carbocycles. The van der Waals surface area contributed by atoms with Crippen molar-refractivity contribution in [3.63, 3.8) is 0 Å². The molecule has 3 aromatic rings. The minimum absolute atomic E-state index is 0.0122. The average Bonchev–Trinajstić information content (AvgIpc) is 3.21. The summed E-state index contributed by atoms with van der Waals surface area (Å²) in [5, 5.41) is 26.4. The van der Waals surface area contributed by atoms with E-state index in [-0.39, 0.29) is 24.3 Å². The van der Waals surface area contributed by atoms with Gasteiger partial charge < -0.3 is 5.11 Å². The zero-order valence-electron chi connectivity index (χ0n) is 17.0. The summed E-state index contributed by atoms with van der Waals surface area (Å²) in [6.07, 6.45) is 3.48. The molecule has 0 saturated heterocycles. The molecule has 1 atom stereocenters. The van der Waals surface area contributed by atoms with Crippen molar-refractivity contribution in [1.82, 2.24) is 19.7 Å². The van der Waals surface area contributed by atoms with E-state index in [9.17, 15) is 24.0 Å². The Morgan fingerprint density at radius 1 is 1.23 bits per heavy atom. The van der Waals surface area contributed by atoms with E-state index in [1.54, 1.807) is 12.1 Å². The number of hydrogen-bond acceptors (Lipinski definition) is 6. The fraction of sp³-hybridized carbons (Fsp3) is 0.333. The Hall–Kier alpha value is -3.24. The average molecular weight is 431 g/mol. The number of nitrogens with zero attached hydrogens (tertiary/aromatic N) is 5. The number of aromatic nitrogens is 3. The molecule has 0 bridgehead atoms. The number of halogens is 2. The number of benzene rings is 2. The van der Waals surface area contributed by atoms with Gasteiger partial charge >= 0.3 is 0 Å². The first kappa shape index (κ1) is 22.4. The first-order chi connectivity index (χ1) is 14.8. The molecular weight excluding hydrogens is 408 g/mol. The van der Waals surface area contributed by atoms with Crippen LogP contribution in [0.5, 0.6) is 0 Å². The summed E-state index contributed by atoms with van der Waals surface area (Å²) >= 11 is 0. The molecule has 1 heterocycles. The molecule has 0 radical (unpaired) electrons. The van der Waals surface area contributed by atoms with Crippen molar-refractivity contribution in [3.05, 3.63) is 88.0 Å². The van der Waals surface area contributed by atoms with Gasteiger partial charge in [0.25, 0.3) is 5.69 Å². The minimum Gasteiger partial charge on any atom is -0.382 e. The number of hydrogen-bond donors (Lipinski definition) is 1. The first-order valence-corrected chi connectivity index (χ1v) is 9.77. The Morgan fingerprint density at radius 3 is 2.55 bits per heavy atom. The number of nitro groups is 1. The van der Waals surface area contributed by atoms with Crippen LogP contribution in [0.3, 0.4) is 0 Å². The van der Waals surface area contributed by atoms with Gasteiger partial charge in [0.05, 0.1) is 11.5 Å². The zero-order chi connectivity index (χ0) is 22.4. The van der Waals surface area contributed by atoms with E-state index >= 15 is 0 Å². The van der Waals surface area contributed by atoms with E-state index in [1.807, 2.05) is 11.8 Å². The minimum atomic E-state index is -1.72. The highest BCUT2D eigenvalue weighted by molar-refractivity contribution is 5.33. The molecule has 0 fully saturated rings. The van der Waals surface area contributed by atoms with Crippen molar-refractivity contribution < 1.29 is 18.8 Å². The highest BCUT2D eigenvalue weighted by atomic mass is 19.1. The van der Waals surface area contributed by atoms with Crippen LogP contribution >= 0.6 is 0 Å². The van der Waals surface area contributed by atoms with Crippen LogP contribution in [0.2, 0.25) is 0 Å². The highest BCUT2D eigenvalue weighted by Gasteiger charge is 2.35. The van der Waals surface area contributed by atoms with Crippen LogP contribution in [0.25, 0.3) is 0 Å². The van der Waals surface area contributed by atoms with E-state index in [1.165, 1.54) is 35.5 Å². The van der Waals surface area contributed by atoms with Gasteiger partial charge in [0.1, 0.15) is 29.9 Å². The number of aliphatic hydroxyl groups is 1. The van der Waals surface area contributed by atoms with Gasteiger partial charge in [-0.15, -0.1) is 0 Å². The quantitative estimate of drug-likeness (QED) is 0.391. The second-order valence-corrected chi connectivity index (χ2v) is 7.38. The normalized spacial score (nSPS) is 13.3. The molecule has 1 N–H and O–H groups in total. The number of nitro benzene ring substituents is 1. The number of non-ortho nitro benzene ring substituents is 1. The van der Waals surface area contributed by atoms with Crippen molar-refractivity contribution in [1.29, 1.82) is 0 Å². The van der Waals surface area contributed by atoms with Gasteiger partial charge in [0, 0.05) is 36.9 Å². The van der Waals surface area contributed by atoms with Crippen molar-refractivity contribution in [2.75, 3.05) is 13.1 Å². The van der Waals surface area contributed by atoms with Crippen molar-refractivity contribution >= 4 is 5.69 Å². The summed E-state index contributed by atoms with van der Waals surface area (Å²) in [6.45, 7) is 2.88. The van der Waals surface area contributed by atoms with Gasteiger partial charge in [0.2, 0.25) is 0 Å². The molecule has 0 saturated carbocycles. The molecule has 8 nitrogen and oxygen atoms in total. The van der Waals surface area contributed by atoms with Crippen molar-refractivity contribution in [2.24, 2.45) is 0 Å². The molecule has 1 unspecified atom stereocenters. The SMILES string of the molecule is CCCN(Cc1ccc([N+](=O)[O-])cc1)CC(O)(Cn1cncn1)c1ccc(F)cc1F. The van der Waals surface area contributed by atoms with Gasteiger partial charge in [-0.2, -0.15) is 5.10 Å². The Balaban J connectivity index is 1.89. The fourth-order valence-corrected chi connectivity index (χ4v) is 3.55. The third-order valence-corrected chi connectivity index (χ3v) is 4.90. The third kappa shape index (κ3) is 5.68. The second-order valence-electron chi connectivity index (χ2n) is 7.38. The van der Waals surface area contributed by atoms with Crippen molar-refractivity contribution in [2.45, 2.75) is 32.0 Å². The Labute approximate surface area is 177 Å². The van der Waals surface area contributed by atoms with Gasteiger partial charge in [-0.3, -0.25) is 15.0 Å². The smallest absolute Gasteiger partial charge is 0.269 e. The van der Waals surface area contributed by atoms with Crippen LogP contribution in [0, 0.1) is 21.7 Å². The Morgan fingerprint density at radius 2 is 1.97 bits per heavy atom. The monoisotopic (exact) mass is 431 g/mol. The third-order valence-electron chi connectivity index (χ3n) is 4.90. The Kier molecular flexibility index (Phi) is 7.03. The van der Waals surface area contributed by atoms with Crippen LogP contribution in [-0.2, 0) is 18.7 Å². The predicted octanol–water partition coefficient (Wildman–Crippen LogP) is 3.26. The van der Waals surface area contributed by atoms with Crippen LogP contribution in [0.1, 0.15) is 24.5 Å². The van der Waals surface area contributed by atoms with Crippen LogP contribution < -0.4 is 0 Å². The van der Waals surface area contributed by atoms with Gasteiger partial charge in [0.15, 0.2) is 0 Å². The molecule has 164 valence electrons. The van der Waals surface area contributed by atoms with E-state index < -0.39 is 22.2 Å². The summed E-state index contributed by atoms with van der Waals surface area (Å²) in [5.41, 5.74) is -0.973.